The fourth-order valence-electron chi connectivity index (χ4n) is 3.26. The molecule has 0 aromatic heterocycles. The van der Waals surface area contributed by atoms with Crippen molar-refractivity contribution in [1.82, 2.24) is 0 Å². The summed E-state index contributed by atoms with van der Waals surface area (Å²) in [6.07, 6.45) is 0.208. The Kier molecular flexibility index (Phi) is 6.30. The summed E-state index contributed by atoms with van der Waals surface area (Å²) < 4.78 is 37.6. The second-order valence-electron chi connectivity index (χ2n) is 6.92. The second kappa shape index (κ2) is 8.79. The minimum atomic E-state index is -4.21. The number of imide groups is 1. The molecule has 32 heavy (non-hydrogen) atoms. The predicted molar refractivity (Wildman–Crippen MR) is 113 cm³/mol. The summed E-state index contributed by atoms with van der Waals surface area (Å²) in [5.41, 5.74) is 0.444. The molecule has 1 heterocycles. The van der Waals surface area contributed by atoms with Gasteiger partial charge in [0.15, 0.2) is 0 Å². The van der Waals surface area contributed by atoms with E-state index in [0.29, 0.717) is 11.3 Å². The minimum Gasteiger partial charge on any atom is -0.465 e. The van der Waals surface area contributed by atoms with Gasteiger partial charge in [0.25, 0.3) is 10.0 Å². The van der Waals surface area contributed by atoms with Crippen LogP contribution in [0.25, 0.3) is 0 Å². The maximum absolute atomic E-state index is 13.0. The summed E-state index contributed by atoms with van der Waals surface area (Å²) in [5, 5.41) is 0. The standard InChI is InChI=1S/C21H20N2O8S/c1-12-10-14(5-7-17(12)23-18(24)8-9-19(23)25)32(28,29)22-16-11-13(20(26)30-2)4-6-15(16)21(27)31-3/h4-7,10-11,22H,8-9H2,1-3H3. The van der Waals surface area contributed by atoms with Gasteiger partial charge >= 0.3 is 11.9 Å². The first kappa shape index (κ1) is 22.9. The third-order valence-corrected chi connectivity index (χ3v) is 6.22. The monoisotopic (exact) mass is 460 g/mol. The number of carbonyl (C=O) groups excluding carboxylic acids is 4. The van der Waals surface area contributed by atoms with Gasteiger partial charge in [0.05, 0.1) is 41.6 Å². The van der Waals surface area contributed by atoms with Crippen LogP contribution in [-0.2, 0) is 29.1 Å². The van der Waals surface area contributed by atoms with E-state index in [0.717, 1.165) is 12.0 Å². The molecule has 3 rings (SSSR count). The minimum absolute atomic E-state index is 0.0236. The molecule has 2 aromatic carbocycles. The summed E-state index contributed by atoms with van der Waals surface area (Å²) >= 11 is 0. The quantitative estimate of drug-likeness (QED) is 0.511. The van der Waals surface area contributed by atoms with E-state index in [1.165, 1.54) is 43.5 Å². The van der Waals surface area contributed by atoms with Crippen molar-refractivity contribution < 1.29 is 37.1 Å². The number of hydrogen-bond donors (Lipinski definition) is 1. The van der Waals surface area contributed by atoms with Crippen LogP contribution in [0, 0.1) is 6.92 Å². The molecule has 0 radical (unpaired) electrons. The first-order chi connectivity index (χ1) is 15.1. The van der Waals surface area contributed by atoms with E-state index in [2.05, 4.69) is 14.2 Å². The third kappa shape index (κ3) is 4.33. The lowest BCUT2D eigenvalue weighted by Gasteiger charge is -2.18. The molecule has 0 spiro atoms. The molecule has 1 saturated heterocycles. The van der Waals surface area contributed by atoms with E-state index in [-0.39, 0.29) is 46.4 Å². The van der Waals surface area contributed by atoms with E-state index >= 15 is 0 Å². The zero-order chi connectivity index (χ0) is 23.6. The van der Waals surface area contributed by atoms with Crippen molar-refractivity contribution in [2.45, 2.75) is 24.7 Å². The second-order valence-corrected chi connectivity index (χ2v) is 8.60. The number of nitrogens with one attached hydrogen (secondary N) is 1. The molecule has 2 aromatic rings. The average Bonchev–Trinajstić information content (AvgIpc) is 3.10. The number of hydrogen-bond acceptors (Lipinski definition) is 8. The SMILES string of the molecule is COC(=O)c1ccc(C(=O)OC)c(NS(=O)(=O)c2ccc(N3C(=O)CCC3=O)c(C)c2)c1. The molecule has 1 fully saturated rings. The van der Waals surface area contributed by atoms with Crippen molar-refractivity contribution in [3.05, 3.63) is 53.1 Å². The van der Waals surface area contributed by atoms with Crippen LogP contribution >= 0.6 is 0 Å². The van der Waals surface area contributed by atoms with E-state index < -0.39 is 22.0 Å². The highest BCUT2D eigenvalue weighted by atomic mass is 32.2. The largest absolute Gasteiger partial charge is 0.465 e. The number of amides is 2. The van der Waals surface area contributed by atoms with E-state index in [4.69, 9.17) is 0 Å². The van der Waals surface area contributed by atoms with Crippen LogP contribution < -0.4 is 9.62 Å². The fourth-order valence-corrected chi connectivity index (χ4v) is 4.41. The number of rotatable bonds is 6. The molecule has 168 valence electrons. The van der Waals surface area contributed by atoms with Crippen molar-refractivity contribution in [3.8, 4) is 0 Å². The molecule has 0 saturated carbocycles. The molecule has 0 unspecified atom stereocenters. The van der Waals surface area contributed by atoms with Gasteiger partial charge in [-0.3, -0.25) is 19.2 Å². The van der Waals surface area contributed by atoms with Crippen LogP contribution in [0.5, 0.6) is 0 Å². The number of ether oxygens (including phenoxy) is 2. The zero-order valence-corrected chi connectivity index (χ0v) is 18.3. The Morgan fingerprint density at radius 3 is 2.12 bits per heavy atom. The van der Waals surface area contributed by atoms with Gasteiger partial charge in [0.1, 0.15) is 0 Å². The predicted octanol–water partition coefficient (Wildman–Crippen LogP) is 2.02. The van der Waals surface area contributed by atoms with Gasteiger partial charge in [-0.05, 0) is 48.9 Å². The van der Waals surface area contributed by atoms with Crippen LogP contribution in [0.15, 0.2) is 41.3 Å². The Labute approximate surface area is 184 Å². The number of sulfonamides is 1. The van der Waals surface area contributed by atoms with E-state index in [9.17, 15) is 27.6 Å². The molecule has 0 atom stereocenters. The summed E-state index contributed by atoms with van der Waals surface area (Å²) in [5.74, 6) is -2.23. The molecule has 0 bridgehead atoms. The number of esters is 2. The van der Waals surface area contributed by atoms with Gasteiger partial charge < -0.3 is 9.47 Å². The summed E-state index contributed by atoms with van der Waals surface area (Å²) in [4.78, 5) is 48.8. The summed E-state index contributed by atoms with van der Waals surface area (Å²) in [6.45, 7) is 1.57. The van der Waals surface area contributed by atoms with Crippen molar-refractivity contribution in [3.63, 3.8) is 0 Å². The normalized spacial score (nSPS) is 13.8. The molecule has 2 amide bonds. The highest BCUT2D eigenvalue weighted by Crippen LogP contribution is 2.29. The van der Waals surface area contributed by atoms with E-state index in [1.807, 2.05) is 0 Å². The lowest BCUT2D eigenvalue weighted by molar-refractivity contribution is -0.121. The Balaban J connectivity index is 1.99. The van der Waals surface area contributed by atoms with E-state index in [1.54, 1.807) is 6.92 Å². The number of anilines is 2. The highest BCUT2D eigenvalue weighted by molar-refractivity contribution is 7.92. The number of nitrogens with zero attached hydrogens (tertiary/aromatic N) is 1. The maximum Gasteiger partial charge on any atom is 0.339 e. The zero-order valence-electron chi connectivity index (χ0n) is 17.5. The van der Waals surface area contributed by atoms with Crippen LogP contribution in [-0.4, -0.2) is 46.4 Å². The maximum atomic E-state index is 13.0. The molecule has 11 heteroatoms. The molecular formula is C21H20N2O8S. The van der Waals surface area contributed by atoms with Crippen LogP contribution in [0.4, 0.5) is 11.4 Å². The van der Waals surface area contributed by atoms with Crippen molar-refractivity contribution in [2.75, 3.05) is 23.8 Å². The Bertz CT molecular complexity index is 1220. The fraction of sp³-hybridized carbons (Fsp3) is 0.238. The van der Waals surface area contributed by atoms with Crippen molar-refractivity contribution >= 4 is 45.2 Å². The van der Waals surface area contributed by atoms with Gasteiger partial charge in [-0.25, -0.2) is 18.0 Å². The first-order valence-corrected chi connectivity index (χ1v) is 10.9. The van der Waals surface area contributed by atoms with Gasteiger partial charge in [0.2, 0.25) is 11.8 Å². The Morgan fingerprint density at radius 1 is 0.938 bits per heavy atom. The molecule has 10 nitrogen and oxygen atoms in total. The molecule has 1 N–H and O–H groups in total. The summed E-state index contributed by atoms with van der Waals surface area (Å²) in [7, 11) is -1.91. The van der Waals surface area contributed by atoms with Crippen LogP contribution in [0.2, 0.25) is 0 Å². The lowest BCUT2D eigenvalue weighted by Crippen LogP contribution is -2.29. The molecule has 1 aliphatic rings. The van der Waals surface area contributed by atoms with Gasteiger partial charge in [-0.1, -0.05) is 0 Å². The molecule has 1 aliphatic heterocycles. The average molecular weight is 460 g/mol. The van der Waals surface area contributed by atoms with Crippen LogP contribution in [0.3, 0.4) is 0 Å². The van der Waals surface area contributed by atoms with Gasteiger partial charge in [0, 0.05) is 12.8 Å². The summed E-state index contributed by atoms with van der Waals surface area (Å²) in [6, 6.07) is 7.63. The topological polar surface area (TPSA) is 136 Å². The number of aryl methyl sites for hydroxylation is 1. The Morgan fingerprint density at radius 2 is 1.56 bits per heavy atom. The van der Waals surface area contributed by atoms with Crippen molar-refractivity contribution in [1.29, 1.82) is 0 Å². The molecule has 0 aliphatic carbocycles. The number of carbonyl (C=O) groups is 4. The van der Waals surface area contributed by atoms with Gasteiger partial charge in [-0.2, -0.15) is 0 Å². The third-order valence-electron chi connectivity index (χ3n) is 4.86. The first-order valence-electron chi connectivity index (χ1n) is 9.39. The Hall–Kier alpha value is -3.73. The van der Waals surface area contributed by atoms with Crippen molar-refractivity contribution in [2.24, 2.45) is 0 Å². The van der Waals surface area contributed by atoms with Crippen LogP contribution in [0.1, 0.15) is 39.1 Å². The van der Waals surface area contributed by atoms with Gasteiger partial charge in [-0.15, -0.1) is 0 Å². The molecular weight excluding hydrogens is 440 g/mol. The number of benzene rings is 2. The smallest absolute Gasteiger partial charge is 0.339 e. The number of methoxy groups -OCH3 is 2. The lowest BCUT2D eigenvalue weighted by atomic mass is 10.1. The highest BCUT2D eigenvalue weighted by Gasteiger charge is 2.32.